The summed E-state index contributed by atoms with van der Waals surface area (Å²) in [7, 11) is 1.57. The SMILES string of the molecule is CCCC(C)(N)C(=O)Nc1cc(OC)c(Br)cc1Br. The van der Waals surface area contributed by atoms with Crippen LogP contribution in [0.1, 0.15) is 26.7 Å². The molecule has 1 amide bonds. The van der Waals surface area contributed by atoms with Crippen LogP contribution in [-0.2, 0) is 4.79 Å². The summed E-state index contributed by atoms with van der Waals surface area (Å²) >= 11 is 6.78. The van der Waals surface area contributed by atoms with Gasteiger partial charge in [0.15, 0.2) is 0 Å². The van der Waals surface area contributed by atoms with Crippen LogP contribution in [0.15, 0.2) is 21.1 Å². The monoisotopic (exact) mass is 392 g/mol. The van der Waals surface area contributed by atoms with Gasteiger partial charge in [0, 0.05) is 10.5 Å². The smallest absolute Gasteiger partial charge is 0.244 e. The van der Waals surface area contributed by atoms with Gasteiger partial charge in [0.2, 0.25) is 5.91 Å². The summed E-state index contributed by atoms with van der Waals surface area (Å²) in [6.07, 6.45) is 1.48. The fourth-order valence-electron chi connectivity index (χ4n) is 1.68. The van der Waals surface area contributed by atoms with Crippen LogP contribution in [0.5, 0.6) is 5.75 Å². The lowest BCUT2D eigenvalue weighted by molar-refractivity contribution is -0.120. The molecule has 1 aromatic carbocycles. The van der Waals surface area contributed by atoms with E-state index in [9.17, 15) is 4.79 Å². The maximum Gasteiger partial charge on any atom is 0.244 e. The molecule has 3 N–H and O–H groups in total. The quantitative estimate of drug-likeness (QED) is 0.801. The van der Waals surface area contributed by atoms with Gasteiger partial charge in [0.05, 0.1) is 22.8 Å². The molecule has 0 fully saturated rings. The summed E-state index contributed by atoms with van der Waals surface area (Å²) in [5, 5.41) is 2.83. The molecule has 4 nitrogen and oxygen atoms in total. The third kappa shape index (κ3) is 4.19. The highest BCUT2D eigenvalue weighted by Crippen LogP contribution is 2.34. The lowest BCUT2D eigenvalue weighted by atomic mass is 9.96. The van der Waals surface area contributed by atoms with E-state index < -0.39 is 5.54 Å². The van der Waals surface area contributed by atoms with E-state index in [4.69, 9.17) is 10.5 Å². The minimum Gasteiger partial charge on any atom is -0.495 e. The van der Waals surface area contributed by atoms with Crippen LogP contribution < -0.4 is 15.8 Å². The molecule has 6 heteroatoms. The number of nitrogens with two attached hydrogens (primary N) is 1. The van der Waals surface area contributed by atoms with Crippen molar-refractivity contribution in [1.29, 1.82) is 0 Å². The molecule has 0 spiro atoms. The van der Waals surface area contributed by atoms with E-state index in [0.29, 0.717) is 17.9 Å². The van der Waals surface area contributed by atoms with E-state index in [1.165, 1.54) is 0 Å². The third-order valence-electron chi connectivity index (χ3n) is 2.78. The zero-order valence-corrected chi connectivity index (χ0v) is 14.4. The maximum absolute atomic E-state index is 12.2. The highest BCUT2D eigenvalue weighted by Gasteiger charge is 2.27. The molecular weight excluding hydrogens is 376 g/mol. The Hall–Kier alpha value is -0.590. The van der Waals surface area contributed by atoms with Gasteiger partial charge in [-0.15, -0.1) is 0 Å². The topological polar surface area (TPSA) is 64.4 Å². The second-order valence-corrected chi connectivity index (χ2v) is 6.30. The van der Waals surface area contributed by atoms with Gasteiger partial charge in [-0.25, -0.2) is 0 Å². The van der Waals surface area contributed by atoms with Crippen molar-refractivity contribution >= 4 is 43.5 Å². The third-order valence-corrected chi connectivity index (χ3v) is 4.05. The highest BCUT2D eigenvalue weighted by atomic mass is 79.9. The minimum atomic E-state index is -0.880. The van der Waals surface area contributed by atoms with Crippen molar-refractivity contribution < 1.29 is 9.53 Å². The predicted octanol–water partition coefficient (Wildman–Crippen LogP) is 3.68. The number of anilines is 1. The number of ether oxygens (including phenoxy) is 1. The summed E-state index contributed by atoms with van der Waals surface area (Å²) in [5.74, 6) is 0.437. The molecule has 106 valence electrons. The molecule has 0 aliphatic carbocycles. The molecule has 0 radical (unpaired) electrons. The molecule has 1 atom stereocenters. The van der Waals surface area contributed by atoms with Crippen LogP contribution >= 0.6 is 31.9 Å². The number of carbonyl (C=O) groups is 1. The van der Waals surface area contributed by atoms with Crippen LogP contribution in [0.25, 0.3) is 0 Å². The Morgan fingerprint density at radius 3 is 2.58 bits per heavy atom. The van der Waals surface area contributed by atoms with E-state index in [0.717, 1.165) is 15.4 Å². The molecule has 1 rings (SSSR count). The van der Waals surface area contributed by atoms with Crippen molar-refractivity contribution in [3.05, 3.63) is 21.1 Å². The van der Waals surface area contributed by atoms with Gasteiger partial charge in [-0.3, -0.25) is 4.79 Å². The summed E-state index contributed by atoms with van der Waals surface area (Å²) in [5.41, 5.74) is 5.76. The number of nitrogens with one attached hydrogen (secondary N) is 1. The van der Waals surface area contributed by atoms with Crippen LogP contribution in [0, 0.1) is 0 Å². The van der Waals surface area contributed by atoms with Crippen molar-refractivity contribution in [1.82, 2.24) is 0 Å². The first-order chi connectivity index (χ1) is 8.81. The Labute approximate surface area is 130 Å². The number of halogens is 2. The van der Waals surface area contributed by atoms with Crippen molar-refractivity contribution in [2.45, 2.75) is 32.2 Å². The zero-order valence-electron chi connectivity index (χ0n) is 11.2. The van der Waals surface area contributed by atoms with Gasteiger partial charge in [-0.1, -0.05) is 13.3 Å². The number of methoxy groups -OCH3 is 1. The van der Waals surface area contributed by atoms with Crippen LogP contribution in [-0.4, -0.2) is 18.6 Å². The molecule has 19 heavy (non-hydrogen) atoms. The molecule has 0 aliphatic heterocycles. The number of hydrogen-bond acceptors (Lipinski definition) is 3. The molecule has 1 aromatic rings. The summed E-state index contributed by atoms with van der Waals surface area (Å²) in [6, 6.07) is 3.57. The second kappa shape index (κ2) is 6.72. The van der Waals surface area contributed by atoms with Gasteiger partial charge < -0.3 is 15.8 Å². The molecule has 1 unspecified atom stereocenters. The molecule has 0 aliphatic rings. The van der Waals surface area contributed by atoms with Crippen molar-refractivity contribution in [3.63, 3.8) is 0 Å². The van der Waals surface area contributed by atoms with Crippen LogP contribution in [0.4, 0.5) is 5.69 Å². The molecule has 0 saturated carbocycles. The fourth-order valence-corrected chi connectivity index (χ4v) is 2.93. The first kappa shape index (κ1) is 16.5. The van der Waals surface area contributed by atoms with Crippen LogP contribution in [0.2, 0.25) is 0 Å². The average molecular weight is 394 g/mol. The first-order valence-electron chi connectivity index (χ1n) is 5.95. The van der Waals surface area contributed by atoms with E-state index in [1.807, 2.05) is 13.0 Å². The normalized spacial score (nSPS) is 13.8. The highest BCUT2D eigenvalue weighted by molar-refractivity contribution is 9.11. The van der Waals surface area contributed by atoms with Crippen molar-refractivity contribution in [2.24, 2.45) is 5.73 Å². The Morgan fingerprint density at radius 2 is 2.05 bits per heavy atom. The minimum absolute atomic E-state index is 0.209. The van der Waals surface area contributed by atoms with Crippen molar-refractivity contribution in [3.8, 4) is 5.75 Å². The van der Waals surface area contributed by atoms with Gasteiger partial charge in [0.1, 0.15) is 5.75 Å². The maximum atomic E-state index is 12.2. The largest absolute Gasteiger partial charge is 0.495 e. The number of amides is 1. The van der Waals surface area contributed by atoms with Gasteiger partial charge in [0.25, 0.3) is 0 Å². The molecule has 0 heterocycles. The van der Waals surface area contributed by atoms with Crippen LogP contribution in [0.3, 0.4) is 0 Å². The summed E-state index contributed by atoms with van der Waals surface area (Å²) < 4.78 is 6.78. The van der Waals surface area contributed by atoms with Gasteiger partial charge in [-0.05, 0) is 51.3 Å². The lowest BCUT2D eigenvalue weighted by Crippen LogP contribution is -2.48. The Balaban J connectivity index is 2.97. The second-order valence-electron chi connectivity index (χ2n) is 4.59. The lowest BCUT2D eigenvalue weighted by Gasteiger charge is -2.23. The Morgan fingerprint density at radius 1 is 1.42 bits per heavy atom. The Bertz CT molecular complexity index is 476. The zero-order chi connectivity index (χ0) is 14.6. The van der Waals surface area contributed by atoms with Gasteiger partial charge in [-0.2, -0.15) is 0 Å². The molecular formula is C13H18Br2N2O2. The number of carbonyl (C=O) groups excluding carboxylic acids is 1. The Kier molecular flexibility index (Phi) is 5.82. The van der Waals surface area contributed by atoms with E-state index in [1.54, 1.807) is 20.1 Å². The van der Waals surface area contributed by atoms with E-state index in [-0.39, 0.29) is 5.91 Å². The number of hydrogen-bond donors (Lipinski definition) is 2. The molecule has 0 bridgehead atoms. The summed E-state index contributed by atoms with van der Waals surface area (Å²) in [6.45, 7) is 3.73. The number of rotatable bonds is 5. The standard InChI is InChI=1S/C13H18Br2N2O2/c1-4-5-13(2,16)12(18)17-10-7-11(19-3)9(15)6-8(10)14/h6-7H,4-5,16H2,1-3H3,(H,17,18). The molecule has 0 aromatic heterocycles. The average Bonchev–Trinajstić information content (AvgIpc) is 2.32. The number of benzene rings is 1. The van der Waals surface area contributed by atoms with E-state index >= 15 is 0 Å². The molecule has 0 saturated heterocycles. The fraction of sp³-hybridized carbons (Fsp3) is 0.462. The summed E-state index contributed by atoms with van der Waals surface area (Å²) in [4.78, 5) is 12.2. The predicted molar refractivity (Wildman–Crippen MR) is 84.5 cm³/mol. The van der Waals surface area contributed by atoms with Crippen molar-refractivity contribution in [2.75, 3.05) is 12.4 Å². The van der Waals surface area contributed by atoms with E-state index in [2.05, 4.69) is 37.2 Å². The first-order valence-corrected chi connectivity index (χ1v) is 7.53. The van der Waals surface area contributed by atoms with Gasteiger partial charge >= 0.3 is 0 Å².